The van der Waals surface area contributed by atoms with E-state index in [2.05, 4.69) is 21.8 Å². The van der Waals surface area contributed by atoms with Crippen LogP contribution in [0.5, 0.6) is 0 Å². The number of hydrogen-bond donors (Lipinski definition) is 1. The van der Waals surface area contributed by atoms with Crippen molar-refractivity contribution in [2.24, 2.45) is 0 Å². The molecule has 1 fully saturated rings. The van der Waals surface area contributed by atoms with Crippen molar-refractivity contribution in [3.05, 3.63) is 65.2 Å². The molecular weight excluding hydrogens is 348 g/mol. The lowest BCUT2D eigenvalue weighted by Crippen LogP contribution is -2.47. The first-order chi connectivity index (χ1) is 12.4. The molecule has 1 saturated heterocycles. The molecule has 0 radical (unpaired) electrons. The van der Waals surface area contributed by atoms with Gasteiger partial charge in [-0.3, -0.25) is 4.90 Å². The minimum absolute atomic E-state index is 0.145. The van der Waals surface area contributed by atoms with E-state index in [0.717, 1.165) is 24.2 Å². The van der Waals surface area contributed by atoms with E-state index in [-0.39, 0.29) is 12.6 Å². The third-order valence-electron chi connectivity index (χ3n) is 4.59. The molecule has 2 aromatic carbocycles. The van der Waals surface area contributed by atoms with Crippen molar-refractivity contribution < 1.29 is 13.2 Å². The molecule has 0 amide bonds. The maximum atomic E-state index is 12.6. The van der Waals surface area contributed by atoms with Gasteiger partial charge in [0.25, 0.3) is 0 Å². The Bertz CT molecular complexity index is 837. The van der Waals surface area contributed by atoms with Gasteiger partial charge in [-0.2, -0.15) is 0 Å². The Labute approximate surface area is 156 Å². The molecule has 0 spiro atoms. The lowest BCUT2D eigenvalue weighted by Gasteiger charge is -2.33. The number of hydrogen-bond acceptors (Lipinski definition) is 4. The molecule has 1 unspecified atom stereocenters. The molecule has 0 bridgehead atoms. The van der Waals surface area contributed by atoms with Gasteiger partial charge in [0, 0.05) is 26.2 Å². The van der Waals surface area contributed by atoms with Gasteiger partial charge >= 0.3 is 0 Å². The molecule has 1 aliphatic rings. The van der Waals surface area contributed by atoms with Crippen LogP contribution in [0.15, 0.2) is 53.4 Å². The normalized spacial score (nSPS) is 18.8. The summed E-state index contributed by atoms with van der Waals surface area (Å²) in [7, 11) is -3.53. The Balaban J connectivity index is 1.58. The van der Waals surface area contributed by atoms with E-state index in [1.165, 1.54) is 5.56 Å². The smallest absolute Gasteiger partial charge is 0.240 e. The van der Waals surface area contributed by atoms with Gasteiger partial charge in [0.2, 0.25) is 10.0 Å². The second-order valence-electron chi connectivity index (χ2n) is 6.83. The molecule has 3 rings (SSSR count). The number of benzene rings is 2. The lowest BCUT2D eigenvalue weighted by atomic mass is 10.2. The molecular formula is C20H26N2O3S. The number of aryl methyl sites for hydroxylation is 2. The minimum atomic E-state index is -3.53. The van der Waals surface area contributed by atoms with E-state index in [9.17, 15) is 8.42 Å². The van der Waals surface area contributed by atoms with Crippen LogP contribution in [0.4, 0.5) is 0 Å². The highest BCUT2D eigenvalue weighted by Gasteiger charge is 2.24. The molecule has 1 heterocycles. The van der Waals surface area contributed by atoms with Gasteiger partial charge in [-0.1, -0.05) is 48.0 Å². The van der Waals surface area contributed by atoms with Crippen molar-refractivity contribution in [2.75, 3.05) is 26.2 Å². The van der Waals surface area contributed by atoms with E-state index in [4.69, 9.17) is 4.74 Å². The van der Waals surface area contributed by atoms with E-state index in [1.54, 1.807) is 6.07 Å². The third kappa shape index (κ3) is 4.92. The van der Waals surface area contributed by atoms with Crippen molar-refractivity contribution in [2.45, 2.75) is 31.4 Å². The lowest BCUT2D eigenvalue weighted by molar-refractivity contribution is -0.0276. The van der Waals surface area contributed by atoms with Crippen molar-refractivity contribution in [3.63, 3.8) is 0 Å². The quantitative estimate of drug-likeness (QED) is 0.844. The summed E-state index contributed by atoms with van der Waals surface area (Å²) in [5, 5.41) is 0. The van der Waals surface area contributed by atoms with Crippen molar-refractivity contribution in [3.8, 4) is 0 Å². The summed E-state index contributed by atoms with van der Waals surface area (Å²) in [5.74, 6) is 0. The average Bonchev–Trinajstić information content (AvgIpc) is 2.61. The van der Waals surface area contributed by atoms with Crippen LogP contribution in [-0.2, 0) is 21.3 Å². The van der Waals surface area contributed by atoms with Crippen LogP contribution < -0.4 is 4.72 Å². The number of ether oxygens (including phenoxy) is 1. The number of nitrogens with zero attached hydrogens (tertiary/aromatic N) is 1. The van der Waals surface area contributed by atoms with Crippen molar-refractivity contribution >= 4 is 10.0 Å². The molecule has 1 N–H and O–H groups in total. The fraction of sp³-hybridized carbons (Fsp3) is 0.400. The Hall–Kier alpha value is -1.73. The van der Waals surface area contributed by atoms with Crippen LogP contribution in [0.3, 0.4) is 0 Å². The molecule has 5 nitrogen and oxygen atoms in total. The Morgan fingerprint density at radius 2 is 1.92 bits per heavy atom. The van der Waals surface area contributed by atoms with Crippen molar-refractivity contribution in [1.29, 1.82) is 0 Å². The first-order valence-corrected chi connectivity index (χ1v) is 10.4. The Kier molecular flexibility index (Phi) is 6.09. The van der Waals surface area contributed by atoms with Gasteiger partial charge < -0.3 is 4.74 Å². The summed E-state index contributed by atoms with van der Waals surface area (Å²) in [6.07, 6.45) is -0.145. The maximum Gasteiger partial charge on any atom is 0.240 e. The Morgan fingerprint density at radius 1 is 1.15 bits per heavy atom. The SMILES string of the molecule is Cc1ccc(S(=O)(=O)NCC2CN(Cc3ccccc3)CCO2)c(C)c1. The van der Waals surface area contributed by atoms with Crippen LogP contribution in [0.2, 0.25) is 0 Å². The van der Waals surface area contributed by atoms with E-state index in [1.807, 2.05) is 44.2 Å². The summed E-state index contributed by atoms with van der Waals surface area (Å²) in [6.45, 7) is 7.09. The van der Waals surface area contributed by atoms with Gasteiger partial charge in [-0.15, -0.1) is 0 Å². The van der Waals surface area contributed by atoms with Gasteiger partial charge in [0.1, 0.15) is 0 Å². The van der Waals surface area contributed by atoms with E-state index in [0.29, 0.717) is 18.0 Å². The van der Waals surface area contributed by atoms with E-state index < -0.39 is 10.0 Å². The molecule has 0 saturated carbocycles. The first-order valence-electron chi connectivity index (χ1n) is 8.89. The summed E-state index contributed by atoms with van der Waals surface area (Å²) in [4.78, 5) is 2.63. The molecule has 140 valence electrons. The topological polar surface area (TPSA) is 58.6 Å². The summed E-state index contributed by atoms with van der Waals surface area (Å²) in [6, 6.07) is 15.6. The summed E-state index contributed by atoms with van der Waals surface area (Å²) >= 11 is 0. The maximum absolute atomic E-state index is 12.6. The number of sulfonamides is 1. The third-order valence-corrected chi connectivity index (χ3v) is 6.18. The van der Waals surface area contributed by atoms with Gasteiger partial charge in [-0.05, 0) is 31.0 Å². The minimum Gasteiger partial charge on any atom is -0.374 e. The molecule has 26 heavy (non-hydrogen) atoms. The zero-order valence-corrected chi connectivity index (χ0v) is 16.1. The van der Waals surface area contributed by atoms with Gasteiger partial charge in [0.15, 0.2) is 0 Å². The van der Waals surface area contributed by atoms with Crippen LogP contribution in [-0.4, -0.2) is 45.7 Å². The van der Waals surface area contributed by atoms with Gasteiger partial charge in [0.05, 0.1) is 17.6 Å². The number of rotatable bonds is 6. The predicted octanol–water partition coefficient (Wildman–Crippen LogP) is 2.48. The highest BCUT2D eigenvalue weighted by Crippen LogP contribution is 2.17. The first kappa shape index (κ1) is 19.0. The Morgan fingerprint density at radius 3 is 2.65 bits per heavy atom. The largest absolute Gasteiger partial charge is 0.374 e. The fourth-order valence-electron chi connectivity index (χ4n) is 3.27. The highest BCUT2D eigenvalue weighted by molar-refractivity contribution is 7.89. The standard InChI is InChI=1S/C20H26N2O3S/c1-16-8-9-20(17(2)12-16)26(23,24)21-13-19-15-22(10-11-25-19)14-18-6-4-3-5-7-18/h3-9,12,19,21H,10-11,13-15H2,1-2H3. The highest BCUT2D eigenvalue weighted by atomic mass is 32.2. The number of morpholine rings is 1. The van der Waals surface area contributed by atoms with Gasteiger partial charge in [-0.25, -0.2) is 13.1 Å². The average molecular weight is 375 g/mol. The fourth-order valence-corrected chi connectivity index (χ4v) is 4.56. The molecule has 0 aliphatic carbocycles. The van der Waals surface area contributed by atoms with Crippen LogP contribution in [0.25, 0.3) is 0 Å². The number of nitrogens with one attached hydrogen (secondary N) is 1. The van der Waals surface area contributed by atoms with Crippen LogP contribution >= 0.6 is 0 Å². The van der Waals surface area contributed by atoms with Crippen LogP contribution in [0, 0.1) is 13.8 Å². The molecule has 1 aliphatic heterocycles. The molecule has 2 aromatic rings. The second kappa shape index (κ2) is 8.31. The second-order valence-corrected chi connectivity index (χ2v) is 8.57. The predicted molar refractivity (Wildman–Crippen MR) is 103 cm³/mol. The summed E-state index contributed by atoms with van der Waals surface area (Å²) < 4.78 is 33.7. The monoisotopic (exact) mass is 374 g/mol. The van der Waals surface area contributed by atoms with Crippen molar-refractivity contribution in [1.82, 2.24) is 9.62 Å². The molecule has 0 aromatic heterocycles. The molecule has 6 heteroatoms. The van der Waals surface area contributed by atoms with E-state index >= 15 is 0 Å². The van der Waals surface area contributed by atoms with Crippen LogP contribution in [0.1, 0.15) is 16.7 Å². The zero-order valence-electron chi connectivity index (χ0n) is 15.3. The molecule has 1 atom stereocenters. The summed E-state index contributed by atoms with van der Waals surface area (Å²) in [5.41, 5.74) is 3.06. The zero-order chi connectivity index (χ0) is 18.6.